The van der Waals surface area contributed by atoms with Gasteiger partial charge in [-0.1, -0.05) is 0 Å². The Bertz CT molecular complexity index is 679. The molecule has 0 aliphatic carbocycles. The molecule has 0 aromatic carbocycles. The highest BCUT2D eigenvalue weighted by Gasteiger charge is 2.29. The third kappa shape index (κ3) is 2.94. The zero-order chi connectivity index (χ0) is 15.7. The Kier molecular flexibility index (Phi) is 4.06. The van der Waals surface area contributed by atoms with Crippen molar-refractivity contribution in [2.24, 2.45) is 0 Å². The summed E-state index contributed by atoms with van der Waals surface area (Å²) in [6, 6.07) is 0.0338. The summed E-state index contributed by atoms with van der Waals surface area (Å²) in [4.78, 5) is 28.1. The average molecular weight is 317 g/mol. The van der Waals surface area contributed by atoms with Crippen LogP contribution in [0.4, 0.5) is 10.9 Å². The van der Waals surface area contributed by atoms with Crippen LogP contribution < -0.4 is 5.32 Å². The maximum Gasteiger partial charge on any atom is 0.220 e. The predicted octanol–water partition coefficient (Wildman–Crippen LogP) is 2.98. The molecule has 6 nitrogen and oxygen atoms in total. The second kappa shape index (κ2) is 6.00. The standard InChI is InChI=1S/C15H19N5OS/c1-9-10(2)22-15(17-9)19-14-8-16-7-12(18-14)13-5-4-6-20(13)11(3)21/h7-8,13H,4-6H2,1-3H3,(H,17,18,19). The minimum Gasteiger partial charge on any atom is -0.334 e. The summed E-state index contributed by atoms with van der Waals surface area (Å²) in [5.41, 5.74) is 1.86. The zero-order valence-electron chi connectivity index (χ0n) is 13.0. The fourth-order valence-electron chi connectivity index (χ4n) is 2.69. The first-order chi connectivity index (χ1) is 10.5. The minimum atomic E-state index is 0.0338. The van der Waals surface area contributed by atoms with Gasteiger partial charge in [-0.05, 0) is 26.7 Å². The van der Waals surface area contributed by atoms with Crippen molar-refractivity contribution in [1.82, 2.24) is 19.9 Å². The molecule has 1 atom stereocenters. The van der Waals surface area contributed by atoms with Crippen LogP contribution in [0.5, 0.6) is 0 Å². The highest BCUT2D eigenvalue weighted by atomic mass is 32.1. The molecule has 0 saturated carbocycles. The van der Waals surface area contributed by atoms with Gasteiger partial charge in [0, 0.05) is 18.3 Å². The van der Waals surface area contributed by atoms with Gasteiger partial charge in [-0.3, -0.25) is 9.78 Å². The van der Waals surface area contributed by atoms with Crippen LogP contribution in [-0.4, -0.2) is 32.3 Å². The number of thiazole rings is 1. The average Bonchev–Trinajstić information content (AvgIpc) is 3.07. The molecule has 1 aliphatic rings. The number of anilines is 2. The minimum absolute atomic E-state index is 0.0338. The Balaban J connectivity index is 1.82. The number of nitrogens with zero attached hydrogens (tertiary/aromatic N) is 4. The van der Waals surface area contributed by atoms with Crippen LogP contribution in [-0.2, 0) is 4.79 Å². The molecule has 0 bridgehead atoms. The van der Waals surface area contributed by atoms with E-state index in [1.165, 1.54) is 4.88 Å². The van der Waals surface area contributed by atoms with E-state index in [1.807, 2.05) is 18.7 Å². The molecule has 1 saturated heterocycles. The number of likely N-dealkylation sites (tertiary alicyclic amines) is 1. The molecule has 22 heavy (non-hydrogen) atoms. The number of aromatic nitrogens is 3. The molecule has 1 N–H and O–H groups in total. The SMILES string of the molecule is CC(=O)N1CCCC1c1cncc(Nc2nc(C)c(C)s2)n1. The quantitative estimate of drug-likeness (QED) is 0.942. The van der Waals surface area contributed by atoms with Crippen LogP contribution in [0.3, 0.4) is 0 Å². The van der Waals surface area contributed by atoms with Gasteiger partial charge < -0.3 is 10.2 Å². The lowest BCUT2D eigenvalue weighted by molar-refractivity contribution is -0.129. The number of aryl methyl sites for hydroxylation is 2. The summed E-state index contributed by atoms with van der Waals surface area (Å²) >= 11 is 1.60. The van der Waals surface area contributed by atoms with Gasteiger partial charge in [0.15, 0.2) is 10.9 Å². The summed E-state index contributed by atoms with van der Waals surface area (Å²) in [6.07, 6.45) is 5.37. The third-order valence-corrected chi connectivity index (χ3v) is 4.90. The molecule has 1 unspecified atom stereocenters. The first-order valence-electron chi connectivity index (χ1n) is 7.35. The van der Waals surface area contributed by atoms with E-state index in [0.29, 0.717) is 5.82 Å². The number of carbonyl (C=O) groups is 1. The molecule has 1 fully saturated rings. The molecular formula is C15H19N5OS. The van der Waals surface area contributed by atoms with Gasteiger partial charge in [-0.25, -0.2) is 9.97 Å². The van der Waals surface area contributed by atoms with Crippen LogP contribution >= 0.6 is 11.3 Å². The first kappa shape index (κ1) is 14.9. The molecule has 7 heteroatoms. The summed E-state index contributed by atoms with van der Waals surface area (Å²) in [6.45, 7) is 6.44. The lowest BCUT2D eigenvalue weighted by Crippen LogP contribution is -2.28. The van der Waals surface area contributed by atoms with Crippen molar-refractivity contribution in [1.29, 1.82) is 0 Å². The van der Waals surface area contributed by atoms with Crippen molar-refractivity contribution in [3.63, 3.8) is 0 Å². The lowest BCUT2D eigenvalue weighted by atomic mass is 10.1. The number of rotatable bonds is 3. The van der Waals surface area contributed by atoms with Crippen molar-refractivity contribution < 1.29 is 4.79 Å². The van der Waals surface area contributed by atoms with Crippen LogP contribution in [0.25, 0.3) is 0 Å². The highest BCUT2D eigenvalue weighted by molar-refractivity contribution is 7.15. The number of carbonyl (C=O) groups excluding carboxylic acids is 1. The topological polar surface area (TPSA) is 71.0 Å². The van der Waals surface area contributed by atoms with E-state index in [2.05, 4.69) is 20.3 Å². The number of nitrogens with one attached hydrogen (secondary N) is 1. The second-order valence-corrected chi connectivity index (χ2v) is 6.69. The Labute approximate surface area is 133 Å². The third-order valence-electron chi connectivity index (χ3n) is 3.92. The number of hydrogen-bond donors (Lipinski definition) is 1. The molecule has 116 valence electrons. The zero-order valence-corrected chi connectivity index (χ0v) is 13.8. The maximum atomic E-state index is 11.7. The lowest BCUT2D eigenvalue weighted by Gasteiger charge is -2.22. The first-order valence-corrected chi connectivity index (χ1v) is 8.16. The van der Waals surface area contributed by atoms with Gasteiger partial charge >= 0.3 is 0 Å². The van der Waals surface area contributed by atoms with Crippen molar-refractivity contribution in [3.8, 4) is 0 Å². The Morgan fingerprint density at radius 2 is 2.18 bits per heavy atom. The van der Waals surface area contributed by atoms with Gasteiger partial charge in [0.25, 0.3) is 0 Å². The molecule has 2 aromatic heterocycles. The highest BCUT2D eigenvalue weighted by Crippen LogP contribution is 2.31. The molecule has 0 spiro atoms. The normalized spacial score (nSPS) is 17.8. The van der Waals surface area contributed by atoms with Crippen LogP contribution in [0.1, 0.15) is 42.1 Å². The van der Waals surface area contributed by atoms with Crippen molar-refractivity contribution in [2.75, 3.05) is 11.9 Å². The number of amides is 1. The second-order valence-electron chi connectivity index (χ2n) is 5.49. The molecular weight excluding hydrogens is 298 g/mol. The molecule has 3 heterocycles. The van der Waals surface area contributed by atoms with E-state index >= 15 is 0 Å². The van der Waals surface area contributed by atoms with Crippen LogP contribution in [0.15, 0.2) is 12.4 Å². The Morgan fingerprint density at radius 3 is 2.86 bits per heavy atom. The van der Waals surface area contributed by atoms with E-state index in [-0.39, 0.29) is 11.9 Å². The van der Waals surface area contributed by atoms with E-state index < -0.39 is 0 Å². The summed E-state index contributed by atoms with van der Waals surface area (Å²) in [5.74, 6) is 0.760. The van der Waals surface area contributed by atoms with Crippen LogP contribution in [0, 0.1) is 13.8 Å². The predicted molar refractivity (Wildman–Crippen MR) is 86.3 cm³/mol. The molecule has 1 aliphatic heterocycles. The molecule has 2 aromatic rings. The fraction of sp³-hybridized carbons (Fsp3) is 0.467. The van der Waals surface area contributed by atoms with E-state index in [0.717, 1.165) is 35.9 Å². The van der Waals surface area contributed by atoms with E-state index in [9.17, 15) is 4.79 Å². The monoisotopic (exact) mass is 317 g/mol. The largest absolute Gasteiger partial charge is 0.334 e. The molecule has 0 radical (unpaired) electrons. The van der Waals surface area contributed by atoms with E-state index in [4.69, 9.17) is 0 Å². The summed E-state index contributed by atoms with van der Waals surface area (Å²) in [7, 11) is 0. The van der Waals surface area contributed by atoms with Gasteiger partial charge in [0.1, 0.15) is 0 Å². The number of hydrogen-bond acceptors (Lipinski definition) is 6. The summed E-state index contributed by atoms with van der Waals surface area (Å²) in [5, 5.41) is 4.02. The van der Waals surface area contributed by atoms with Gasteiger partial charge in [-0.15, -0.1) is 11.3 Å². The Hall–Kier alpha value is -2.02. The van der Waals surface area contributed by atoms with Crippen molar-refractivity contribution in [3.05, 3.63) is 28.7 Å². The van der Waals surface area contributed by atoms with Gasteiger partial charge in [0.2, 0.25) is 5.91 Å². The maximum absolute atomic E-state index is 11.7. The van der Waals surface area contributed by atoms with Crippen molar-refractivity contribution in [2.45, 2.75) is 39.7 Å². The van der Waals surface area contributed by atoms with E-state index in [1.54, 1.807) is 30.7 Å². The van der Waals surface area contributed by atoms with Gasteiger partial charge in [-0.2, -0.15) is 0 Å². The summed E-state index contributed by atoms with van der Waals surface area (Å²) < 4.78 is 0. The fourth-order valence-corrected chi connectivity index (χ4v) is 3.51. The van der Waals surface area contributed by atoms with Crippen molar-refractivity contribution >= 4 is 28.2 Å². The Morgan fingerprint density at radius 1 is 1.36 bits per heavy atom. The molecule has 3 rings (SSSR count). The smallest absolute Gasteiger partial charge is 0.220 e. The molecule has 1 amide bonds. The van der Waals surface area contributed by atoms with Gasteiger partial charge in [0.05, 0.1) is 29.8 Å². The van der Waals surface area contributed by atoms with Crippen LogP contribution in [0.2, 0.25) is 0 Å².